The van der Waals surface area contributed by atoms with Gasteiger partial charge in [0.2, 0.25) is 17.8 Å². The topological polar surface area (TPSA) is 69.8 Å². The molecule has 0 atom stereocenters. The molecule has 0 radical (unpaired) electrons. The fourth-order valence-corrected chi connectivity index (χ4v) is 3.41. The molecular formula is C21H22N5O+. The molecule has 0 saturated carbocycles. The van der Waals surface area contributed by atoms with E-state index < -0.39 is 0 Å². The molecule has 0 saturated heterocycles. The summed E-state index contributed by atoms with van der Waals surface area (Å²) in [5.74, 6) is 1.53. The number of rotatable bonds is 4. The van der Waals surface area contributed by atoms with Gasteiger partial charge < -0.3 is 10.5 Å². The Labute approximate surface area is 157 Å². The second kappa shape index (κ2) is 6.72. The van der Waals surface area contributed by atoms with E-state index in [0.717, 1.165) is 39.3 Å². The Balaban J connectivity index is 1.85. The molecule has 0 fully saturated rings. The van der Waals surface area contributed by atoms with Crippen LogP contribution in [0.15, 0.2) is 55.1 Å². The largest absolute Gasteiger partial charge is 0.497 e. The molecule has 3 aromatic heterocycles. The molecule has 0 amide bonds. The van der Waals surface area contributed by atoms with Crippen LogP contribution in [0, 0.1) is 13.8 Å². The highest BCUT2D eigenvalue weighted by molar-refractivity contribution is 5.90. The van der Waals surface area contributed by atoms with E-state index >= 15 is 0 Å². The highest BCUT2D eigenvalue weighted by Crippen LogP contribution is 2.30. The third kappa shape index (κ3) is 2.89. The lowest BCUT2D eigenvalue weighted by Gasteiger charge is -2.08. The zero-order valence-electron chi connectivity index (χ0n) is 15.7. The molecule has 1 aromatic carbocycles. The summed E-state index contributed by atoms with van der Waals surface area (Å²) >= 11 is 0. The van der Waals surface area contributed by atoms with Gasteiger partial charge in [0.25, 0.3) is 0 Å². The van der Waals surface area contributed by atoms with Crippen molar-refractivity contribution in [2.75, 3.05) is 12.8 Å². The number of hydrogen-bond donors (Lipinski definition) is 1. The van der Waals surface area contributed by atoms with Crippen LogP contribution in [0.3, 0.4) is 0 Å². The lowest BCUT2D eigenvalue weighted by molar-refractivity contribution is -0.675. The summed E-state index contributed by atoms with van der Waals surface area (Å²) in [4.78, 5) is 8.91. The minimum Gasteiger partial charge on any atom is -0.497 e. The van der Waals surface area contributed by atoms with Gasteiger partial charge in [-0.3, -0.25) is 9.55 Å². The van der Waals surface area contributed by atoms with Gasteiger partial charge in [0, 0.05) is 29.3 Å². The van der Waals surface area contributed by atoms with Crippen LogP contribution in [0.2, 0.25) is 0 Å². The Morgan fingerprint density at radius 1 is 1.15 bits per heavy atom. The summed E-state index contributed by atoms with van der Waals surface area (Å²) in [5.41, 5.74) is 11.8. The van der Waals surface area contributed by atoms with E-state index in [0.29, 0.717) is 12.4 Å². The van der Waals surface area contributed by atoms with Crippen molar-refractivity contribution in [3.63, 3.8) is 0 Å². The van der Waals surface area contributed by atoms with Crippen LogP contribution in [-0.4, -0.2) is 21.6 Å². The van der Waals surface area contributed by atoms with Crippen molar-refractivity contribution in [1.82, 2.24) is 14.5 Å². The average Bonchev–Trinajstić information content (AvgIpc) is 2.96. The standard InChI is InChI=1S/C21H21N5O/c1-14-15(2)26(17-6-8-18(27-3)9-7-17)21-19(14)20(22)25(13-24-21)12-16-5-4-10-23-11-16/h4-11,13,22H,12H2,1-3H3/p+1. The molecule has 0 aliphatic rings. The predicted octanol–water partition coefficient (Wildman–Crippen LogP) is 2.96. The summed E-state index contributed by atoms with van der Waals surface area (Å²) in [6, 6.07) is 11.9. The van der Waals surface area contributed by atoms with E-state index in [-0.39, 0.29) is 0 Å². The van der Waals surface area contributed by atoms with Crippen LogP contribution in [0.5, 0.6) is 5.75 Å². The number of fused-ring (bicyclic) bond motifs is 1. The van der Waals surface area contributed by atoms with Gasteiger partial charge in [0.15, 0.2) is 0 Å². The Morgan fingerprint density at radius 3 is 2.59 bits per heavy atom. The fraction of sp³-hybridized carbons (Fsp3) is 0.190. The number of pyridine rings is 1. The first-order chi connectivity index (χ1) is 13.1. The molecule has 6 nitrogen and oxygen atoms in total. The number of hydrogen-bond acceptors (Lipinski definition) is 4. The normalized spacial score (nSPS) is 11.1. The van der Waals surface area contributed by atoms with Crippen LogP contribution in [0.1, 0.15) is 16.8 Å². The van der Waals surface area contributed by atoms with Crippen molar-refractivity contribution in [1.29, 1.82) is 0 Å². The maximum atomic E-state index is 6.54. The minimum absolute atomic E-state index is 0.634. The number of ether oxygens (including phenoxy) is 1. The molecule has 0 spiro atoms. The lowest BCUT2D eigenvalue weighted by Crippen LogP contribution is -2.38. The maximum absolute atomic E-state index is 6.54. The van der Waals surface area contributed by atoms with Crippen LogP contribution in [0.4, 0.5) is 5.82 Å². The molecule has 4 aromatic rings. The van der Waals surface area contributed by atoms with Crippen molar-refractivity contribution in [3.05, 3.63) is 71.9 Å². The summed E-state index contributed by atoms with van der Waals surface area (Å²) < 4.78 is 9.36. The molecule has 3 heterocycles. The third-order valence-corrected chi connectivity index (χ3v) is 4.98. The number of aryl methyl sites for hydroxylation is 1. The smallest absolute Gasteiger partial charge is 0.232 e. The highest BCUT2D eigenvalue weighted by Gasteiger charge is 2.22. The highest BCUT2D eigenvalue weighted by atomic mass is 16.5. The van der Waals surface area contributed by atoms with Crippen LogP contribution in [0.25, 0.3) is 16.7 Å². The van der Waals surface area contributed by atoms with E-state index in [9.17, 15) is 0 Å². The van der Waals surface area contributed by atoms with E-state index in [1.807, 2.05) is 47.2 Å². The van der Waals surface area contributed by atoms with E-state index in [4.69, 9.17) is 15.5 Å². The summed E-state index contributed by atoms with van der Waals surface area (Å²) in [6.45, 7) is 4.81. The maximum Gasteiger partial charge on any atom is 0.232 e. The van der Waals surface area contributed by atoms with Gasteiger partial charge in [0.1, 0.15) is 11.1 Å². The van der Waals surface area contributed by atoms with Gasteiger partial charge in [-0.05, 0) is 49.7 Å². The Kier molecular flexibility index (Phi) is 4.24. The summed E-state index contributed by atoms with van der Waals surface area (Å²) in [5, 5.41) is 0.981. The fourth-order valence-electron chi connectivity index (χ4n) is 3.41. The summed E-state index contributed by atoms with van der Waals surface area (Å²) in [7, 11) is 1.67. The number of benzene rings is 1. The van der Waals surface area contributed by atoms with Crippen molar-refractivity contribution in [3.8, 4) is 11.4 Å². The zero-order chi connectivity index (χ0) is 19.0. The van der Waals surface area contributed by atoms with E-state index in [2.05, 4.69) is 23.4 Å². The monoisotopic (exact) mass is 360 g/mol. The predicted molar refractivity (Wildman–Crippen MR) is 105 cm³/mol. The minimum atomic E-state index is 0.634. The number of anilines is 1. The van der Waals surface area contributed by atoms with Crippen LogP contribution < -0.4 is 15.0 Å². The van der Waals surface area contributed by atoms with Crippen LogP contribution in [-0.2, 0) is 6.54 Å². The van der Waals surface area contributed by atoms with Crippen molar-refractivity contribution >= 4 is 16.9 Å². The van der Waals surface area contributed by atoms with Gasteiger partial charge in [-0.1, -0.05) is 11.1 Å². The lowest BCUT2D eigenvalue weighted by atomic mass is 10.2. The SMILES string of the molecule is COc1ccc(-n2c(C)c(C)c3c(N)[n+](Cc4cccnc4)cnc32)cc1. The third-order valence-electron chi connectivity index (χ3n) is 4.98. The molecular weight excluding hydrogens is 338 g/mol. The van der Waals surface area contributed by atoms with Gasteiger partial charge >= 0.3 is 0 Å². The molecule has 27 heavy (non-hydrogen) atoms. The van der Waals surface area contributed by atoms with Crippen molar-refractivity contribution in [2.24, 2.45) is 0 Å². The zero-order valence-corrected chi connectivity index (χ0v) is 15.7. The number of nitrogens with two attached hydrogens (primary N) is 1. The second-order valence-corrected chi connectivity index (χ2v) is 6.56. The second-order valence-electron chi connectivity index (χ2n) is 6.56. The molecule has 2 N–H and O–H groups in total. The quantitative estimate of drug-likeness (QED) is 0.568. The van der Waals surface area contributed by atoms with Crippen molar-refractivity contribution < 1.29 is 9.30 Å². The van der Waals surface area contributed by atoms with Crippen LogP contribution >= 0.6 is 0 Å². The molecule has 6 heteroatoms. The first-order valence-corrected chi connectivity index (χ1v) is 8.79. The van der Waals surface area contributed by atoms with E-state index in [1.165, 1.54) is 0 Å². The van der Waals surface area contributed by atoms with Gasteiger partial charge in [-0.15, -0.1) is 0 Å². The van der Waals surface area contributed by atoms with Crippen molar-refractivity contribution in [2.45, 2.75) is 20.4 Å². The number of aromatic nitrogens is 4. The molecule has 0 bridgehead atoms. The molecule has 0 aliphatic heterocycles. The van der Waals surface area contributed by atoms with Gasteiger partial charge in [-0.25, -0.2) is 4.57 Å². The Hall–Kier alpha value is -3.41. The molecule has 0 unspecified atom stereocenters. The summed E-state index contributed by atoms with van der Waals surface area (Å²) in [6.07, 6.45) is 5.41. The molecule has 136 valence electrons. The van der Waals surface area contributed by atoms with E-state index in [1.54, 1.807) is 19.6 Å². The van der Waals surface area contributed by atoms with Gasteiger partial charge in [-0.2, -0.15) is 0 Å². The number of methoxy groups -OCH3 is 1. The molecule has 0 aliphatic carbocycles. The average molecular weight is 360 g/mol. The number of nitrogen functional groups attached to an aromatic ring is 1. The molecule has 4 rings (SSSR count). The number of nitrogens with zero attached hydrogens (tertiary/aromatic N) is 4. The first-order valence-electron chi connectivity index (χ1n) is 8.79. The Bertz CT molecular complexity index is 1100. The first kappa shape index (κ1) is 17.0. The van der Waals surface area contributed by atoms with Gasteiger partial charge in [0.05, 0.1) is 13.7 Å². The Morgan fingerprint density at radius 2 is 1.93 bits per heavy atom.